The van der Waals surface area contributed by atoms with Crippen molar-refractivity contribution in [3.05, 3.63) is 59.4 Å². The highest BCUT2D eigenvalue weighted by atomic mass is 15.1. The molecular formula is C14H13N3. The van der Waals surface area contributed by atoms with Gasteiger partial charge in [-0.2, -0.15) is 10.2 Å². The van der Waals surface area contributed by atoms with Gasteiger partial charge in [-0.1, -0.05) is 18.1 Å². The van der Waals surface area contributed by atoms with Gasteiger partial charge in [0.2, 0.25) is 0 Å². The van der Waals surface area contributed by atoms with E-state index in [1.165, 1.54) is 5.56 Å². The van der Waals surface area contributed by atoms with Crippen LogP contribution in [0.5, 0.6) is 0 Å². The number of terminal acetylenes is 1. The Morgan fingerprint density at radius 2 is 1.76 bits per heavy atom. The molecule has 0 radical (unpaired) electrons. The predicted octanol–water partition coefficient (Wildman–Crippen LogP) is 1.75. The third kappa shape index (κ3) is 3.40. The first-order valence-electron chi connectivity index (χ1n) is 5.40. The summed E-state index contributed by atoms with van der Waals surface area (Å²) in [5.41, 5.74) is 3.25. The third-order valence-corrected chi connectivity index (χ3v) is 2.42. The van der Waals surface area contributed by atoms with Crippen LogP contribution in [-0.2, 0) is 13.1 Å². The summed E-state index contributed by atoms with van der Waals surface area (Å²) in [6.45, 7) is 1.60. The van der Waals surface area contributed by atoms with Crippen LogP contribution >= 0.6 is 0 Å². The fourth-order valence-corrected chi connectivity index (χ4v) is 1.49. The van der Waals surface area contributed by atoms with Crippen molar-refractivity contribution in [3.63, 3.8) is 0 Å². The molecule has 0 amide bonds. The van der Waals surface area contributed by atoms with Crippen LogP contribution in [0.15, 0.2) is 42.7 Å². The maximum absolute atomic E-state index is 5.30. The minimum absolute atomic E-state index is 0.784. The molecular weight excluding hydrogens is 210 g/mol. The van der Waals surface area contributed by atoms with Crippen LogP contribution in [0.3, 0.4) is 0 Å². The molecule has 0 saturated carbocycles. The lowest BCUT2D eigenvalue weighted by Crippen LogP contribution is -2.12. The Morgan fingerprint density at radius 1 is 1.00 bits per heavy atom. The van der Waals surface area contributed by atoms with Gasteiger partial charge >= 0.3 is 0 Å². The Labute approximate surface area is 101 Å². The molecule has 2 rings (SSSR count). The third-order valence-electron chi connectivity index (χ3n) is 2.42. The van der Waals surface area contributed by atoms with Gasteiger partial charge in [0.25, 0.3) is 0 Å². The van der Waals surface area contributed by atoms with Crippen LogP contribution in [0, 0.1) is 12.3 Å². The Hall–Kier alpha value is -2.18. The SMILES string of the molecule is C#Cc1ccc(CNCc2ccnnc2)cc1. The van der Waals surface area contributed by atoms with Crippen molar-refractivity contribution in [1.29, 1.82) is 0 Å². The Bertz CT molecular complexity index is 497. The molecule has 1 N–H and O–H groups in total. The minimum Gasteiger partial charge on any atom is -0.309 e. The average Bonchev–Trinajstić information content (AvgIpc) is 2.41. The predicted molar refractivity (Wildman–Crippen MR) is 67.0 cm³/mol. The molecule has 1 heterocycles. The fraction of sp³-hybridized carbons (Fsp3) is 0.143. The van der Waals surface area contributed by atoms with E-state index in [4.69, 9.17) is 6.42 Å². The van der Waals surface area contributed by atoms with E-state index in [2.05, 4.69) is 21.4 Å². The highest BCUT2D eigenvalue weighted by molar-refractivity contribution is 5.34. The Morgan fingerprint density at radius 3 is 2.41 bits per heavy atom. The van der Waals surface area contributed by atoms with Crippen LogP contribution < -0.4 is 5.32 Å². The van der Waals surface area contributed by atoms with Crippen LogP contribution in [0.2, 0.25) is 0 Å². The molecule has 0 atom stereocenters. The second-order valence-corrected chi connectivity index (χ2v) is 3.70. The lowest BCUT2D eigenvalue weighted by atomic mass is 10.1. The Kier molecular flexibility index (Phi) is 3.85. The van der Waals surface area contributed by atoms with Crippen LogP contribution in [0.1, 0.15) is 16.7 Å². The number of hydrogen-bond acceptors (Lipinski definition) is 3. The lowest BCUT2D eigenvalue weighted by Gasteiger charge is -2.04. The summed E-state index contributed by atoms with van der Waals surface area (Å²) in [5.74, 6) is 2.60. The van der Waals surface area contributed by atoms with Gasteiger partial charge in [0, 0.05) is 24.8 Å². The van der Waals surface area contributed by atoms with Crippen molar-refractivity contribution in [2.75, 3.05) is 0 Å². The van der Waals surface area contributed by atoms with E-state index in [-0.39, 0.29) is 0 Å². The molecule has 0 bridgehead atoms. The Balaban J connectivity index is 1.84. The van der Waals surface area contributed by atoms with Gasteiger partial charge in [0.1, 0.15) is 0 Å². The fourth-order valence-electron chi connectivity index (χ4n) is 1.49. The first-order valence-corrected chi connectivity index (χ1v) is 5.40. The molecule has 17 heavy (non-hydrogen) atoms. The van der Waals surface area contributed by atoms with Gasteiger partial charge in [-0.25, -0.2) is 0 Å². The van der Waals surface area contributed by atoms with Crippen molar-refractivity contribution in [1.82, 2.24) is 15.5 Å². The summed E-state index contributed by atoms with van der Waals surface area (Å²) in [6.07, 6.45) is 8.75. The summed E-state index contributed by atoms with van der Waals surface area (Å²) in [7, 11) is 0. The lowest BCUT2D eigenvalue weighted by molar-refractivity contribution is 0.689. The number of nitrogens with one attached hydrogen (secondary N) is 1. The van der Waals surface area contributed by atoms with Crippen LogP contribution in [-0.4, -0.2) is 10.2 Å². The van der Waals surface area contributed by atoms with Crippen molar-refractivity contribution < 1.29 is 0 Å². The van der Waals surface area contributed by atoms with E-state index in [1.807, 2.05) is 30.3 Å². The standard InChI is InChI=1S/C14H13N3/c1-2-12-3-5-13(6-4-12)9-15-10-14-7-8-16-17-11-14/h1,3-8,11,15H,9-10H2. The van der Waals surface area contributed by atoms with Crippen LogP contribution in [0.4, 0.5) is 0 Å². The van der Waals surface area contributed by atoms with Crippen molar-refractivity contribution >= 4 is 0 Å². The summed E-state index contributed by atoms with van der Waals surface area (Å²) in [5, 5.41) is 10.9. The minimum atomic E-state index is 0.784. The largest absolute Gasteiger partial charge is 0.309 e. The smallest absolute Gasteiger partial charge is 0.0541 e. The van der Waals surface area contributed by atoms with E-state index in [1.54, 1.807) is 12.4 Å². The quantitative estimate of drug-likeness (QED) is 0.802. The van der Waals surface area contributed by atoms with Gasteiger partial charge in [0.15, 0.2) is 0 Å². The molecule has 84 valence electrons. The number of rotatable bonds is 4. The van der Waals surface area contributed by atoms with Gasteiger partial charge in [-0.3, -0.25) is 0 Å². The molecule has 0 unspecified atom stereocenters. The molecule has 0 aliphatic heterocycles. The first kappa shape index (κ1) is 11.3. The summed E-state index contributed by atoms with van der Waals surface area (Å²) >= 11 is 0. The zero-order valence-electron chi connectivity index (χ0n) is 9.43. The maximum Gasteiger partial charge on any atom is 0.0541 e. The zero-order chi connectivity index (χ0) is 11.9. The van der Waals surface area contributed by atoms with Gasteiger partial charge in [0.05, 0.1) is 6.20 Å². The molecule has 0 aliphatic carbocycles. The van der Waals surface area contributed by atoms with Gasteiger partial charge < -0.3 is 5.32 Å². The number of benzene rings is 1. The zero-order valence-corrected chi connectivity index (χ0v) is 9.43. The van der Waals surface area contributed by atoms with E-state index < -0.39 is 0 Å². The van der Waals surface area contributed by atoms with Crippen molar-refractivity contribution in [3.8, 4) is 12.3 Å². The monoisotopic (exact) mass is 223 g/mol. The maximum atomic E-state index is 5.30. The summed E-state index contributed by atoms with van der Waals surface area (Å²) in [4.78, 5) is 0. The second-order valence-electron chi connectivity index (χ2n) is 3.70. The van der Waals surface area contributed by atoms with Gasteiger partial charge in [-0.15, -0.1) is 6.42 Å². The second kappa shape index (κ2) is 5.78. The number of nitrogens with zero attached hydrogens (tertiary/aromatic N) is 2. The molecule has 3 heteroatoms. The van der Waals surface area contributed by atoms with E-state index >= 15 is 0 Å². The molecule has 0 fully saturated rings. The van der Waals surface area contributed by atoms with Crippen molar-refractivity contribution in [2.24, 2.45) is 0 Å². The molecule has 1 aromatic carbocycles. The highest BCUT2D eigenvalue weighted by Crippen LogP contribution is 2.03. The number of aromatic nitrogens is 2. The van der Waals surface area contributed by atoms with E-state index in [0.717, 1.165) is 24.2 Å². The first-order chi connectivity index (χ1) is 8.38. The number of hydrogen-bond donors (Lipinski definition) is 1. The summed E-state index contributed by atoms with van der Waals surface area (Å²) < 4.78 is 0. The average molecular weight is 223 g/mol. The highest BCUT2D eigenvalue weighted by Gasteiger charge is 1.94. The molecule has 0 saturated heterocycles. The topological polar surface area (TPSA) is 37.8 Å². The molecule has 2 aromatic rings. The normalized spacial score (nSPS) is 9.82. The van der Waals surface area contributed by atoms with Crippen molar-refractivity contribution in [2.45, 2.75) is 13.1 Å². The van der Waals surface area contributed by atoms with E-state index in [9.17, 15) is 0 Å². The molecule has 0 aliphatic rings. The summed E-state index contributed by atoms with van der Waals surface area (Å²) in [6, 6.07) is 9.91. The van der Waals surface area contributed by atoms with E-state index in [0.29, 0.717) is 0 Å². The van der Waals surface area contributed by atoms with Gasteiger partial charge in [-0.05, 0) is 29.3 Å². The molecule has 1 aromatic heterocycles. The molecule has 0 spiro atoms. The van der Waals surface area contributed by atoms with Crippen LogP contribution in [0.25, 0.3) is 0 Å². The molecule has 3 nitrogen and oxygen atoms in total.